The Morgan fingerprint density at radius 3 is 2.43 bits per heavy atom. The molecule has 112 valence electrons. The summed E-state index contributed by atoms with van der Waals surface area (Å²) in [5.41, 5.74) is 9.16. The molecule has 0 aliphatic carbocycles. The van der Waals surface area contributed by atoms with Crippen LogP contribution < -0.4 is 10.5 Å². The molecule has 0 heterocycles. The molecule has 2 aromatic carbocycles. The number of nitrogens with two attached hydrogens (primary N) is 1. The van der Waals surface area contributed by atoms with Crippen LogP contribution in [0.1, 0.15) is 24.1 Å². The van der Waals surface area contributed by atoms with E-state index < -0.39 is 0 Å². The zero-order chi connectivity index (χ0) is 15.4. The third kappa shape index (κ3) is 3.90. The maximum absolute atomic E-state index is 6.08. The molecule has 21 heavy (non-hydrogen) atoms. The summed E-state index contributed by atoms with van der Waals surface area (Å²) in [5.74, 6) is 0.782. The van der Waals surface area contributed by atoms with Gasteiger partial charge in [-0.3, -0.25) is 4.90 Å². The van der Waals surface area contributed by atoms with Crippen molar-refractivity contribution in [1.82, 2.24) is 4.90 Å². The highest BCUT2D eigenvalue weighted by molar-refractivity contribution is 6.30. The second-order valence-electron chi connectivity index (χ2n) is 5.21. The number of rotatable bonds is 5. The summed E-state index contributed by atoms with van der Waals surface area (Å²) < 4.78 is 5.18. The van der Waals surface area contributed by atoms with Crippen molar-refractivity contribution in [3.05, 3.63) is 58.6 Å². The van der Waals surface area contributed by atoms with Crippen molar-refractivity contribution in [2.75, 3.05) is 19.9 Å². The second kappa shape index (κ2) is 6.83. The van der Waals surface area contributed by atoms with Crippen molar-refractivity contribution >= 4 is 17.3 Å². The first kappa shape index (κ1) is 15.7. The van der Waals surface area contributed by atoms with Crippen LogP contribution >= 0.6 is 11.6 Å². The molecule has 0 saturated carbocycles. The van der Waals surface area contributed by atoms with E-state index in [1.165, 1.54) is 5.56 Å². The van der Waals surface area contributed by atoms with Crippen molar-refractivity contribution in [1.29, 1.82) is 0 Å². The zero-order valence-electron chi connectivity index (χ0n) is 12.6. The van der Waals surface area contributed by atoms with Crippen LogP contribution in [0.2, 0.25) is 5.02 Å². The lowest BCUT2D eigenvalue weighted by atomic mass is 10.1. The van der Waals surface area contributed by atoms with Gasteiger partial charge in [-0.15, -0.1) is 0 Å². The van der Waals surface area contributed by atoms with Gasteiger partial charge in [-0.2, -0.15) is 0 Å². The van der Waals surface area contributed by atoms with Gasteiger partial charge in [0.25, 0.3) is 0 Å². The quantitative estimate of drug-likeness (QED) is 0.844. The van der Waals surface area contributed by atoms with Crippen LogP contribution in [0.3, 0.4) is 0 Å². The number of benzene rings is 2. The van der Waals surface area contributed by atoms with Gasteiger partial charge in [-0.1, -0.05) is 29.8 Å². The summed E-state index contributed by atoms with van der Waals surface area (Å²) in [5, 5.41) is 0.757. The van der Waals surface area contributed by atoms with E-state index in [4.69, 9.17) is 22.1 Å². The van der Waals surface area contributed by atoms with Crippen LogP contribution in [-0.4, -0.2) is 19.1 Å². The minimum absolute atomic E-state index is 0.281. The fourth-order valence-corrected chi connectivity index (χ4v) is 2.37. The van der Waals surface area contributed by atoms with Gasteiger partial charge in [0, 0.05) is 29.4 Å². The molecule has 1 atom stereocenters. The predicted octanol–water partition coefficient (Wildman–Crippen LogP) is 4.12. The fraction of sp³-hybridized carbons (Fsp3) is 0.294. The lowest BCUT2D eigenvalue weighted by molar-refractivity contribution is 0.253. The molecule has 0 aromatic heterocycles. The fourth-order valence-electron chi connectivity index (χ4n) is 2.25. The van der Waals surface area contributed by atoms with E-state index in [0.29, 0.717) is 0 Å². The number of nitrogen functional groups attached to an aromatic ring is 1. The monoisotopic (exact) mass is 304 g/mol. The lowest BCUT2D eigenvalue weighted by Crippen LogP contribution is -2.22. The van der Waals surface area contributed by atoms with Crippen molar-refractivity contribution in [2.24, 2.45) is 0 Å². The Labute approximate surface area is 131 Å². The van der Waals surface area contributed by atoms with E-state index in [1.807, 2.05) is 30.3 Å². The normalized spacial score (nSPS) is 12.4. The molecule has 2 N–H and O–H groups in total. The van der Waals surface area contributed by atoms with Gasteiger partial charge < -0.3 is 10.5 Å². The number of methoxy groups -OCH3 is 1. The largest absolute Gasteiger partial charge is 0.497 e. The Hall–Kier alpha value is -1.71. The van der Waals surface area contributed by atoms with Crippen LogP contribution in [0, 0.1) is 0 Å². The van der Waals surface area contributed by atoms with Crippen LogP contribution in [0.5, 0.6) is 5.75 Å². The number of hydrogen-bond donors (Lipinski definition) is 1. The van der Waals surface area contributed by atoms with Gasteiger partial charge in [-0.25, -0.2) is 0 Å². The maximum Gasteiger partial charge on any atom is 0.120 e. The topological polar surface area (TPSA) is 38.5 Å². The summed E-state index contributed by atoms with van der Waals surface area (Å²) in [6, 6.07) is 14.0. The van der Waals surface area contributed by atoms with Crippen LogP contribution in [-0.2, 0) is 6.54 Å². The number of nitrogens with zero attached hydrogens (tertiary/aromatic N) is 1. The SMILES string of the molecule is COc1ccc(CN(C)C(C)c2ccc(Cl)cc2)c(N)c1. The summed E-state index contributed by atoms with van der Waals surface area (Å²) in [4.78, 5) is 2.25. The molecule has 0 radical (unpaired) electrons. The van der Waals surface area contributed by atoms with Gasteiger partial charge >= 0.3 is 0 Å². The number of hydrogen-bond acceptors (Lipinski definition) is 3. The van der Waals surface area contributed by atoms with Gasteiger partial charge in [0.2, 0.25) is 0 Å². The van der Waals surface area contributed by atoms with E-state index in [0.717, 1.165) is 28.6 Å². The Balaban J connectivity index is 2.10. The Morgan fingerprint density at radius 2 is 1.86 bits per heavy atom. The number of anilines is 1. The van der Waals surface area contributed by atoms with Gasteiger partial charge in [0.1, 0.15) is 5.75 Å². The third-order valence-corrected chi connectivity index (χ3v) is 4.04. The number of halogens is 1. The summed E-state index contributed by atoms with van der Waals surface area (Å²) in [7, 11) is 3.73. The minimum atomic E-state index is 0.281. The average Bonchev–Trinajstić information content (AvgIpc) is 2.49. The molecule has 1 unspecified atom stereocenters. The highest BCUT2D eigenvalue weighted by atomic mass is 35.5. The molecule has 0 aliphatic heterocycles. The van der Waals surface area contributed by atoms with Crippen molar-refractivity contribution in [3.8, 4) is 5.75 Å². The molecule has 0 aliphatic rings. The van der Waals surface area contributed by atoms with E-state index >= 15 is 0 Å². The van der Waals surface area contributed by atoms with E-state index in [-0.39, 0.29) is 6.04 Å². The Kier molecular flexibility index (Phi) is 5.10. The van der Waals surface area contributed by atoms with Crippen molar-refractivity contribution < 1.29 is 4.74 Å². The standard InChI is InChI=1S/C17H21ClN2O/c1-12(13-4-7-15(18)8-5-13)20(2)11-14-6-9-16(21-3)10-17(14)19/h4-10,12H,11,19H2,1-3H3. The molecule has 0 fully saturated rings. The van der Waals surface area contributed by atoms with Crippen LogP contribution in [0.15, 0.2) is 42.5 Å². The maximum atomic E-state index is 6.08. The first-order chi connectivity index (χ1) is 10.0. The molecular formula is C17H21ClN2O. The highest BCUT2D eigenvalue weighted by Gasteiger charge is 2.13. The lowest BCUT2D eigenvalue weighted by Gasteiger charge is -2.26. The molecule has 0 amide bonds. The highest BCUT2D eigenvalue weighted by Crippen LogP contribution is 2.25. The number of ether oxygens (including phenoxy) is 1. The molecule has 4 heteroatoms. The van der Waals surface area contributed by atoms with Crippen molar-refractivity contribution in [2.45, 2.75) is 19.5 Å². The first-order valence-electron chi connectivity index (χ1n) is 6.89. The molecular weight excluding hydrogens is 284 g/mol. The second-order valence-corrected chi connectivity index (χ2v) is 5.64. The van der Waals surface area contributed by atoms with Gasteiger partial charge in [-0.05, 0) is 43.3 Å². The summed E-state index contributed by atoms with van der Waals surface area (Å²) in [6.07, 6.45) is 0. The van der Waals surface area contributed by atoms with E-state index in [2.05, 4.69) is 31.0 Å². The van der Waals surface area contributed by atoms with E-state index in [1.54, 1.807) is 7.11 Å². The zero-order valence-corrected chi connectivity index (χ0v) is 13.4. The first-order valence-corrected chi connectivity index (χ1v) is 7.27. The van der Waals surface area contributed by atoms with Crippen LogP contribution in [0.4, 0.5) is 5.69 Å². The molecule has 3 nitrogen and oxygen atoms in total. The minimum Gasteiger partial charge on any atom is -0.497 e. The van der Waals surface area contributed by atoms with Gasteiger partial charge in [0.15, 0.2) is 0 Å². The molecule has 2 rings (SSSR count). The molecule has 0 saturated heterocycles. The van der Waals surface area contributed by atoms with E-state index in [9.17, 15) is 0 Å². The Bertz CT molecular complexity index is 598. The third-order valence-electron chi connectivity index (χ3n) is 3.79. The molecule has 0 bridgehead atoms. The Morgan fingerprint density at radius 1 is 1.19 bits per heavy atom. The molecule has 2 aromatic rings. The van der Waals surface area contributed by atoms with Crippen LogP contribution in [0.25, 0.3) is 0 Å². The average molecular weight is 305 g/mol. The molecule has 0 spiro atoms. The van der Waals surface area contributed by atoms with Gasteiger partial charge in [0.05, 0.1) is 7.11 Å². The predicted molar refractivity (Wildman–Crippen MR) is 88.7 cm³/mol. The smallest absolute Gasteiger partial charge is 0.120 e. The summed E-state index contributed by atoms with van der Waals surface area (Å²) >= 11 is 5.93. The van der Waals surface area contributed by atoms with Crippen molar-refractivity contribution in [3.63, 3.8) is 0 Å². The summed E-state index contributed by atoms with van der Waals surface area (Å²) in [6.45, 7) is 2.95.